The van der Waals surface area contributed by atoms with Crippen molar-refractivity contribution in [1.82, 2.24) is 5.06 Å². The molecule has 21 heavy (non-hydrogen) atoms. The normalized spacial score (nSPS) is 23.4. The van der Waals surface area contributed by atoms with Crippen molar-refractivity contribution in [3.8, 4) is 0 Å². The molecule has 1 heterocycles. The second-order valence-electron chi connectivity index (χ2n) is 5.57. The maximum atomic E-state index is 12.3. The number of fused-ring (bicyclic) bond motifs is 1. The van der Waals surface area contributed by atoms with Gasteiger partial charge in [0.25, 0.3) is 11.9 Å². The van der Waals surface area contributed by atoms with E-state index in [0.717, 1.165) is 30.4 Å². The van der Waals surface area contributed by atoms with Gasteiger partial charge in [0.1, 0.15) is 12.1 Å². The Labute approximate surface area is 123 Å². The largest absolute Gasteiger partial charge is 0.463 e. The Morgan fingerprint density at radius 3 is 3.00 bits per heavy atom. The van der Waals surface area contributed by atoms with Gasteiger partial charge < -0.3 is 10.5 Å². The van der Waals surface area contributed by atoms with Crippen LogP contribution in [0.4, 0.5) is 0 Å². The van der Waals surface area contributed by atoms with E-state index >= 15 is 0 Å². The second kappa shape index (κ2) is 5.04. The molecule has 6 heteroatoms. The number of amidine groups is 1. The summed E-state index contributed by atoms with van der Waals surface area (Å²) < 4.78 is 5.33. The fraction of sp³-hybridized carbons (Fsp3) is 0.467. The van der Waals surface area contributed by atoms with Crippen LogP contribution in [0.25, 0.3) is 0 Å². The number of rotatable bonds is 2. The zero-order chi connectivity index (χ0) is 15.0. The van der Waals surface area contributed by atoms with Crippen molar-refractivity contribution >= 4 is 11.9 Å². The van der Waals surface area contributed by atoms with Crippen molar-refractivity contribution in [2.24, 2.45) is 10.7 Å². The van der Waals surface area contributed by atoms with Crippen molar-refractivity contribution in [3.05, 3.63) is 34.9 Å². The van der Waals surface area contributed by atoms with Gasteiger partial charge in [-0.05, 0) is 30.0 Å². The molecule has 6 nitrogen and oxygen atoms in total. The topological polar surface area (TPSA) is 77.1 Å². The zero-order valence-corrected chi connectivity index (χ0v) is 12.3. The average Bonchev–Trinajstić information content (AvgIpc) is 2.85. The molecule has 0 saturated carbocycles. The minimum absolute atomic E-state index is 0.129. The van der Waals surface area contributed by atoms with Gasteiger partial charge in [-0.25, -0.2) is 10.1 Å². The van der Waals surface area contributed by atoms with Crippen LogP contribution in [0.5, 0.6) is 0 Å². The molecule has 1 amide bonds. The zero-order valence-electron chi connectivity index (χ0n) is 12.3. The molecule has 1 unspecified atom stereocenters. The van der Waals surface area contributed by atoms with Gasteiger partial charge in [0.05, 0.1) is 7.11 Å². The number of carbonyl (C=O) groups is 1. The first kappa shape index (κ1) is 13.9. The summed E-state index contributed by atoms with van der Waals surface area (Å²) in [7, 11) is 3.09. The molecule has 1 aliphatic heterocycles. The Balaban J connectivity index is 1.94. The smallest absolute Gasteiger partial charge is 0.282 e. The summed E-state index contributed by atoms with van der Waals surface area (Å²) in [5.41, 5.74) is 8.30. The lowest BCUT2D eigenvalue weighted by molar-refractivity contribution is -0.0757. The van der Waals surface area contributed by atoms with E-state index in [-0.39, 0.29) is 17.5 Å². The number of ether oxygens (including phenoxy) is 1. The van der Waals surface area contributed by atoms with Crippen LogP contribution in [0.3, 0.4) is 0 Å². The van der Waals surface area contributed by atoms with E-state index in [4.69, 9.17) is 15.3 Å². The highest BCUT2D eigenvalue weighted by Crippen LogP contribution is 2.36. The predicted molar refractivity (Wildman–Crippen MR) is 77.9 cm³/mol. The van der Waals surface area contributed by atoms with Crippen molar-refractivity contribution in [2.75, 3.05) is 20.8 Å². The molecule has 112 valence electrons. The lowest BCUT2D eigenvalue weighted by Gasteiger charge is -2.31. The van der Waals surface area contributed by atoms with Crippen LogP contribution in [-0.2, 0) is 22.4 Å². The summed E-state index contributed by atoms with van der Waals surface area (Å²) in [6.45, 7) is 0.522. The SMILES string of the molecule is CON(C)C(=O)c1cccc2c1CCC1(COC(N)=N1)C2. The molecule has 2 aliphatic rings. The van der Waals surface area contributed by atoms with Crippen molar-refractivity contribution in [1.29, 1.82) is 0 Å². The number of hydrogen-bond donors (Lipinski definition) is 1. The summed E-state index contributed by atoms with van der Waals surface area (Å²) in [6.07, 6.45) is 2.37. The quantitative estimate of drug-likeness (QED) is 0.820. The molecule has 3 rings (SSSR count). The molecule has 0 radical (unpaired) electrons. The Morgan fingerprint density at radius 2 is 2.33 bits per heavy atom. The summed E-state index contributed by atoms with van der Waals surface area (Å²) in [5, 5.41) is 1.24. The molecular formula is C15H19N3O3. The van der Waals surface area contributed by atoms with Crippen LogP contribution in [0.15, 0.2) is 23.2 Å². The molecule has 1 aromatic carbocycles. The maximum Gasteiger partial charge on any atom is 0.282 e. The summed E-state index contributed by atoms with van der Waals surface area (Å²) >= 11 is 0. The Bertz CT molecular complexity index is 614. The summed E-state index contributed by atoms with van der Waals surface area (Å²) in [5.74, 6) is -0.129. The third-order valence-electron chi connectivity index (χ3n) is 4.26. The Kier molecular flexibility index (Phi) is 3.33. The number of amides is 1. The van der Waals surface area contributed by atoms with Crippen LogP contribution >= 0.6 is 0 Å². The van der Waals surface area contributed by atoms with Crippen LogP contribution in [0.2, 0.25) is 0 Å². The predicted octanol–water partition coefficient (Wildman–Crippen LogP) is 0.892. The van der Waals surface area contributed by atoms with E-state index in [1.54, 1.807) is 7.05 Å². The molecule has 1 aliphatic carbocycles. The first-order valence-corrected chi connectivity index (χ1v) is 6.96. The minimum Gasteiger partial charge on any atom is -0.463 e. The molecule has 1 atom stereocenters. The van der Waals surface area contributed by atoms with Gasteiger partial charge in [-0.15, -0.1) is 0 Å². The summed E-state index contributed by atoms with van der Waals surface area (Å²) in [4.78, 5) is 21.8. The van der Waals surface area contributed by atoms with E-state index in [9.17, 15) is 4.79 Å². The van der Waals surface area contributed by atoms with Gasteiger partial charge in [-0.2, -0.15) is 0 Å². The lowest BCUT2D eigenvalue weighted by atomic mass is 9.77. The number of hydroxylamine groups is 2. The average molecular weight is 289 g/mol. The highest BCUT2D eigenvalue weighted by molar-refractivity contribution is 5.95. The molecular weight excluding hydrogens is 270 g/mol. The first-order valence-electron chi connectivity index (χ1n) is 6.96. The van der Waals surface area contributed by atoms with Gasteiger partial charge in [0, 0.05) is 19.0 Å². The van der Waals surface area contributed by atoms with Crippen LogP contribution < -0.4 is 5.73 Å². The molecule has 0 aromatic heterocycles. The first-order chi connectivity index (χ1) is 10.0. The number of carbonyl (C=O) groups excluding carboxylic acids is 1. The number of aliphatic imine (C=N–C) groups is 1. The lowest BCUT2D eigenvalue weighted by Crippen LogP contribution is -2.37. The fourth-order valence-electron chi connectivity index (χ4n) is 3.07. The number of nitrogens with zero attached hydrogens (tertiary/aromatic N) is 2. The second-order valence-corrected chi connectivity index (χ2v) is 5.57. The standard InChI is InChI=1S/C15H19N3O3/c1-18(20-2)13(19)12-5-3-4-10-8-15(7-6-11(10)12)9-21-14(16)17-15/h3-5H,6-9H2,1-2H3,(H2,16,17). The van der Waals surface area contributed by atoms with E-state index in [1.165, 1.54) is 12.2 Å². The molecule has 0 saturated heterocycles. The third-order valence-corrected chi connectivity index (χ3v) is 4.26. The van der Waals surface area contributed by atoms with E-state index in [1.807, 2.05) is 18.2 Å². The number of nitrogens with two attached hydrogens (primary N) is 1. The number of benzene rings is 1. The van der Waals surface area contributed by atoms with Gasteiger partial charge >= 0.3 is 0 Å². The van der Waals surface area contributed by atoms with Crippen molar-refractivity contribution in [2.45, 2.75) is 24.8 Å². The van der Waals surface area contributed by atoms with Gasteiger partial charge in [0.15, 0.2) is 0 Å². The molecule has 2 N–H and O–H groups in total. The van der Waals surface area contributed by atoms with E-state index < -0.39 is 0 Å². The molecule has 0 bridgehead atoms. The van der Waals surface area contributed by atoms with E-state index in [2.05, 4.69) is 4.99 Å². The monoisotopic (exact) mass is 289 g/mol. The molecule has 1 aromatic rings. The third kappa shape index (κ3) is 2.35. The van der Waals surface area contributed by atoms with Crippen molar-refractivity contribution in [3.63, 3.8) is 0 Å². The minimum atomic E-state index is -0.258. The highest BCUT2D eigenvalue weighted by Gasteiger charge is 2.40. The van der Waals surface area contributed by atoms with Gasteiger partial charge in [0.2, 0.25) is 0 Å². The summed E-state index contributed by atoms with van der Waals surface area (Å²) in [6, 6.07) is 6.06. The number of hydrogen-bond acceptors (Lipinski definition) is 5. The van der Waals surface area contributed by atoms with Crippen LogP contribution in [0.1, 0.15) is 27.9 Å². The van der Waals surface area contributed by atoms with Crippen LogP contribution in [0, 0.1) is 0 Å². The maximum absolute atomic E-state index is 12.3. The molecule has 1 spiro atoms. The van der Waals surface area contributed by atoms with E-state index in [0.29, 0.717) is 12.2 Å². The Hall–Kier alpha value is -2.08. The molecule has 0 fully saturated rings. The highest BCUT2D eigenvalue weighted by atomic mass is 16.7. The Morgan fingerprint density at radius 1 is 1.52 bits per heavy atom. The van der Waals surface area contributed by atoms with Gasteiger partial charge in [-0.3, -0.25) is 9.63 Å². The van der Waals surface area contributed by atoms with Gasteiger partial charge in [-0.1, -0.05) is 12.1 Å². The van der Waals surface area contributed by atoms with Crippen LogP contribution in [-0.4, -0.2) is 43.3 Å². The fourth-order valence-corrected chi connectivity index (χ4v) is 3.07. The van der Waals surface area contributed by atoms with Crippen molar-refractivity contribution < 1.29 is 14.4 Å².